The van der Waals surface area contributed by atoms with Gasteiger partial charge in [0.05, 0.1) is 46.7 Å². The van der Waals surface area contributed by atoms with Crippen LogP contribution in [0, 0.1) is 0 Å². The minimum absolute atomic E-state index is 0. The van der Waals surface area contributed by atoms with Crippen molar-refractivity contribution >= 4 is 23.9 Å². The predicted molar refractivity (Wildman–Crippen MR) is 65.8 cm³/mol. The van der Waals surface area contributed by atoms with Crippen molar-refractivity contribution in [1.82, 2.24) is 9.97 Å². The molecule has 1 radical (unpaired) electrons. The second kappa shape index (κ2) is 9.75. The van der Waals surface area contributed by atoms with E-state index in [0.29, 0.717) is 0 Å². The molecule has 0 fully saturated rings. The van der Waals surface area contributed by atoms with Gasteiger partial charge in [0.1, 0.15) is 0 Å². The zero-order valence-electron chi connectivity index (χ0n) is 12.0. The molecular weight excluding hydrogens is 380 g/mol. The van der Waals surface area contributed by atoms with Crippen LogP contribution >= 0.6 is 0 Å². The molecule has 2 heterocycles. The van der Waals surface area contributed by atoms with Crippen LogP contribution in [0.4, 0.5) is 0 Å². The van der Waals surface area contributed by atoms with Crippen LogP contribution in [0.3, 0.4) is 0 Å². The molecule has 0 atom stereocenters. The molecule has 0 bridgehead atoms. The maximum absolute atomic E-state index is 10.2. The third-order valence-electron chi connectivity index (χ3n) is 2.33. The number of nitrogens with zero attached hydrogens (tertiary/aromatic N) is 2. The first-order valence-electron chi connectivity index (χ1n) is 6.02. The fourth-order valence-electron chi connectivity index (χ4n) is 1.32. The van der Waals surface area contributed by atoms with Gasteiger partial charge in [-0.1, -0.05) is 12.1 Å². The minimum Gasteiger partial charge on any atom is -0.543 e. The van der Waals surface area contributed by atoms with Crippen LogP contribution in [-0.2, 0) is 17.1 Å². The van der Waals surface area contributed by atoms with E-state index in [1.807, 2.05) is 0 Å². The maximum Gasteiger partial charge on any atom is 3.00 e. The summed E-state index contributed by atoms with van der Waals surface area (Å²) in [5.74, 6) is -6.06. The van der Waals surface area contributed by atoms with E-state index in [9.17, 15) is 39.6 Å². The summed E-state index contributed by atoms with van der Waals surface area (Å²) in [6, 6.07) is 7.07. The molecule has 0 unspecified atom stereocenters. The Morgan fingerprint density at radius 3 is 0.920 bits per heavy atom. The van der Waals surface area contributed by atoms with Crippen LogP contribution in [-0.4, -0.2) is 33.8 Å². The van der Waals surface area contributed by atoms with Gasteiger partial charge in [-0.25, -0.2) is 9.97 Å². The first-order valence-corrected chi connectivity index (χ1v) is 6.02. The molecule has 0 aliphatic carbocycles. The normalized spacial score (nSPS) is 8.96. The zero-order valence-corrected chi connectivity index (χ0v) is 13.1. The zero-order chi connectivity index (χ0) is 18.3. The molecule has 2 aromatic heterocycles. The second-order valence-electron chi connectivity index (χ2n) is 3.97. The van der Waals surface area contributed by atoms with Crippen LogP contribution in [0.25, 0.3) is 0 Å². The number of carboxylic acids is 4. The van der Waals surface area contributed by atoms with Crippen LogP contribution in [0.15, 0.2) is 36.4 Å². The van der Waals surface area contributed by atoms with Crippen molar-refractivity contribution < 1.29 is 56.7 Å². The Morgan fingerprint density at radius 1 is 0.560 bits per heavy atom. The number of aromatic nitrogens is 2. The van der Waals surface area contributed by atoms with Crippen molar-refractivity contribution in [3.8, 4) is 0 Å². The van der Waals surface area contributed by atoms with Crippen molar-refractivity contribution in [2.24, 2.45) is 0 Å². The van der Waals surface area contributed by atoms with Crippen LogP contribution < -0.4 is 20.4 Å². The molecular formula is C14H6FeN2O8-. The number of carbonyl (C=O) groups excluding carboxylic acids is 4. The van der Waals surface area contributed by atoms with E-state index in [-0.39, 0.29) is 17.1 Å². The van der Waals surface area contributed by atoms with E-state index in [2.05, 4.69) is 9.97 Å². The summed E-state index contributed by atoms with van der Waals surface area (Å²) in [5, 5.41) is 40.8. The summed E-state index contributed by atoms with van der Waals surface area (Å²) in [6.45, 7) is 0. The topological polar surface area (TPSA) is 186 Å². The summed E-state index contributed by atoms with van der Waals surface area (Å²) in [7, 11) is 0. The van der Waals surface area contributed by atoms with E-state index in [1.54, 1.807) is 0 Å². The molecule has 0 saturated heterocycles. The number of hydrogen-bond donors (Lipinski definition) is 0. The average Bonchev–Trinajstić information content (AvgIpc) is 2.55. The van der Waals surface area contributed by atoms with Crippen molar-refractivity contribution in [2.45, 2.75) is 0 Å². The number of aromatic carboxylic acids is 4. The molecule has 0 aliphatic rings. The first kappa shape index (κ1) is 21.7. The molecule has 129 valence electrons. The third-order valence-corrected chi connectivity index (χ3v) is 2.33. The first-order chi connectivity index (χ1) is 11.2. The summed E-state index contributed by atoms with van der Waals surface area (Å²) in [4.78, 5) is 47.3. The van der Waals surface area contributed by atoms with Crippen molar-refractivity contribution in [2.75, 3.05) is 0 Å². The largest absolute Gasteiger partial charge is 3.00 e. The van der Waals surface area contributed by atoms with Gasteiger partial charge in [-0.05, 0) is 24.3 Å². The Kier molecular flexibility index (Phi) is 8.47. The Bertz CT molecular complexity index is 683. The predicted octanol–water partition coefficient (Wildman–Crippen LogP) is -4.39. The number of rotatable bonds is 4. The molecule has 2 aromatic rings. The van der Waals surface area contributed by atoms with E-state index in [0.717, 1.165) is 24.3 Å². The maximum atomic E-state index is 10.2. The van der Waals surface area contributed by atoms with Crippen molar-refractivity contribution in [1.29, 1.82) is 0 Å². The number of pyridine rings is 2. The van der Waals surface area contributed by atoms with E-state index >= 15 is 0 Å². The number of carbonyl (C=O) groups is 4. The van der Waals surface area contributed by atoms with Gasteiger partial charge in [-0.15, -0.1) is 0 Å². The molecule has 0 spiro atoms. The standard InChI is InChI=1S/2C7H5NO4.Fe/c2*9-6(10)4-2-1-3-5(8-4)7(11)12;/h2*1-3H,(H,9,10)(H,11,12);/q;;+3/p-4. The van der Waals surface area contributed by atoms with Gasteiger partial charge in [0, 0.05) is 0 Å². The Morgan fingerprint density at radius 2 is 0.760 bits per heavy atom. The molecule has 0 amide bonds. The quantitative estimate of drug-likeness (QED) is 0.465. The molecule has 0 aliphatic heterocycles. The average molecular weight is 386 g/mol. The molecule has 25 heavy (non-hydrogen) atoms. The Labute approximate surface area is 150 Å². The van der Waals surface area contributed by atoms with E-state index < -0.39 is 46.7 Å². The van der Waals surface area contributed by atoms with E-state index in [1.165, 1.54) is 12.1 Å². The molecule has 0 aromatic carbocycles. The van der Waals surface area contributed by atoms with Gasteiger partial charge >= 0.3 is 17.1 Å². The van der Waals surface area contributed by atoms with Gasteiger partial charge < -0.3 is 39.6 Å². The summed E-state index contributed by atoms with van der Waals surface area (Å²) < 4.78 is 0. The molecule has 2 rings (SSSR count). The Balaban J connectivity index is 0.000000443. The monoisotopic (exact) mass is 386 g/mol. The molecule has 0 saturated carbocycles. The van der Waals surface area contributed by atoms with Gasteiger partial charge in [0.15, 0.2) is 0 Å². The van der Waals surface area contributed by atoms with Gasteiger partial charge in [-0.2, -0.15) is 0 Å². The fraction of sp³-hybridized carbons (Fsp3) is 0. The van der Waals surface area contributed by atoms with Gasteiger partial charge in [-0.3, -0.25) is 0 Å². The Hall–Kier alpha value is -3.30. The van der Waals surface area contributed by atoms with Crippen molar-refractivity contribution in [3.05, 3.63) is 59.2 Å². The van der Waals surface area contributed by atoms with Crippen LogP contribution in [0.5, 0.6) is 0 Å². The number of carboxylic acid groups (broad SMARTS) is 4. The molecule has 11 heteroatoms. The smallest absolute Gasteiger partial charge is 0.543 e. The van der Waals surface area contributed by atoms with E-state index in [4.69, 9.17) is 0 Å². The summed E-state index contributed by atoms with van der Waals surface area (Å²) in [6.07, 6.45) is 0. The molecule has 0 N–H and O–H groups in total. The minimum atomic E-state index is -1.52. The summed E-state index contributed by atoms with van der Waals surface area (Å²) in [5.41, 5.74) is -1.68. The van der Waals surface area contributed by atoms with Gasteiger partial charge in [0.2, 0.25) is 0 Å². The SMILES string of the molecule is O=C([O-])c1cccc(C(=O)[O-])n1.O=C([O-])c1cccc(C(=O)[O-])n1.[Fe+3]. The van der Waals surface area contributed by atoms with Crippen LogP contribution in [0.2, 0.25) is 0 Å². The van der Waals surface area contributed by atoms with Crippen LogP contribution in [0.1, 0.15) is 42.0 Å². The summed E-state index contributed by atoms with van der Waals surface area (Å²) >= 11 is 0. The second-order valence-corrected chi connectivity index (χ2v) is 3.97. The fourth-order valence-corrected chi connectivity index (χ4v) is 1.32. The van der Waals surface area contributed by atoms with Crippen molar-refractivity contribution in [3.63, 3.8) is 0 Å². The third kappa shape index (κ3) is 6.77. The van der Waals surface area contributed by atoms with Gasteiger partial charge in [0.25, 0.3) is 0 Å². The number of hydrogen-bond acceptors (Lipinski definition) is 10. The molecule has 10 nitrogen and oxygen atoms in total.